The number of rotatable bonds is 4. The second-order valence-electron chi connectivity index (χ2n) is 11.0. The van der Waals surface area contributed by atoms with Crippen molar-refractivity contribution in [3.63, 3.8) is 0 Å². The summed E-state index contributed by atoms with van der Waals surface area (Å²) in [6.07, 6.45) is -1.05. The molecule has 0 aromatic rings. The Morgan fingerprint density at radius 1 is 1.10 bits per heavy atom. The van der Waals surface area contributed by atoms with Gasteiger partial charge in [-0.3, -0.25) is 4.90 Å². The Labute approximate surface area is 176 Å². The third-order valence-electron chi connectivity index (χ3n) is 5.96. The lowest BCUT2D eigenvalue weighted by molar-refractivity contribution is -0.168. The van der Waals surface area contributed by atoms with E-state index in [9.17, 15) is 10.1 Å². The van der Waals surface area contributed by atoms with Crippen molar-refractivity contribution in [1.82, 2.24) is 4.90 Å². The van der Waals surface area contributed by atoms with E-state index in [2.05, 4.69) is 39.9 Å². The van der Waals surface area contributed by atoms with Crippen LogP contribution in [0.15, 0.2) is 0 Å². The van der Waals surface area contributed by atoms with Crippen LogP contribution in [0.2, 0.25) is 18.1 Å². The van der Waals surface area contributed by atoms with E-state index >= 15 is 0 Å². The van der Waals surface area contributed by atoms with E-state index in [0.29, 0.717) is 6.61 Å². The monoisotopic (exact) mass is 426 g/mol. The zero-order chi connectivity index (χ0) is 22.4. The van der Waals surface area contributed by atoms with Gasteiger partial charge in [0.15, 0.2) is 14.1 Å². The zero-order valence-corrected chi connectivity index (χ0v) is 20.7. The van der Waals surface area contributed by atoms with Gasteiger partial charge in [0, 0.05) is 0 Å². The molecule has 0 spiro atoms. The number of hydrogen-bond donors (Lipinski definition) is 0. The van der Waals surface area contributed by atoms with E-state index in [1.807, 2.05) is 34.6 Å². The van der Waals surface area contributed by atoms with E-state index < -0.39 is 31.8 Å². The van der Waals surface area contributed by atoms with Gasteiger partial charge in [-0.05, 0) is 52.8 Å². The normalized spacial score (nSPS) is 29.5. The molecular formula is C21H38N2O5Si. The molecule has 4 atom stereocenters. The highest BCUT2D eigenvalue weighted by atomic mass is 28.4. The minimum absolute atomic E-state index is 0.0418. The van der Waals surface area contributed by atoms with Gasteiger partial charge in [0.1, 0.15) is 17.8 Å². The third kappa shape index (κ3) is 5.32. The molecule has 7 nitrogen and oxygen atoms in total. The predicted octanol–water partition coefficient (Wildman–Crippen LogP) is 4.43. The summed E-state index contributed by atoms with van der Waals surface area (Å²) in [7, 11) is -2.04. The highest BCUT2D eigenvalue weighted by Crippen LogP contribution is 2.43. The molecular weight excluding hydrogens is 388 g/mol. The van der Waals surface area contributed by atoms with Gasteiger partial charge in [0.2, 0.25) is 0 Å². The SMILES string of the molecule is CC(C)(C)OC(=O)N1C(CC#N)C2OC(C)(C)OC2C1CO[Si](C)(C)C(C)(C)C. The van der Waals surface area contributed by atoms with Crippen LogP contribution in [0.5, 0.6) is 0 Å². The maximum atomic E-state index is 13.1. The molecule has 0 radical (unpaired) electrons. The summed E-state index contributed by atoms with van der Waals surface area (Å²) in [4.78, 5) is 14.7. The van der Waals surface area contributed by atoms with Gasteiger partial charge in [-0.1, -0.05) is 20.8 Å². The Kier molecular flexibility index (Phi) is 6.52. The largest absolute Gasteiger partial charge is 0.444 e. The lowest BCUT2D eigenvalue weighted by atomic mass is 10.1. The van der Waals surface area contributed by atoms with Crippen molar-refractivity contribution in [2.75, 3.05) is 6.61 Å². The molecule has 0 aromatic carbocycles. The summed E-state index contributed by atoms with van der Waals surface area (Å²) in [6, 6.07) is 1.39. The lowest BCUT2D eigenvalue weighted by Gasteiger charge is -2.39. The second-order valence-corrected chi connectivity index (χ2v) is 15.8. The topological polar surface area (TPSA) is 81.0 Å². The van der Waals surface area contributed by atoms with Crippen LogP contribution >= 0.6 is 0 Å². The molecule has 0 N–H and O–H groups in total. The van der Waals surface area contributed by atoms with Crippen LogP contribution in [0, 0.1) is 11.3 Å². The highest BCUT2D eigenvalue weighted by molar-refractivity contribution is 6.74. The first-order valence-electron chi connectivity index (χ1n) is 10.4. The average molecular weight is 427 g/mol. The number of nitriles is 1. The summed E-state index contributed by atoms with van der Waals surface area (Å²) in [5, 5.41) is 9.45. The van der Waals surface area contributed by atoms with Gasteiger partial charge in [0.25, 0.3) is 0 Å². The summed E-state index contributed by atoms with van der Waals surface area (Å²) in [5.41, 5.74) is -0.641. The zero-order valence-electron chi connectivity index (χ0n) is 19.7. The Hall–Kier alpha value is -1.14. The number of carbonyl (C=O) groups is 1. The molecule has 0 saturated carbocycles. The standard InChI is InChI=1S/C21H38N2O5Si/c1-19(2,3)28-18(24)23-14(11-12-22)16-17(27-21(7,8)26-16)15(23)13-25-29(9,10)20(4,5)6/h14-17H,11,13H2,1-10H3. The molecule has 166 valence electrons. The summed E-state index contributed by atoms with van der Waals surface area (Å²) < 4.78 is 24.4. The molecule has 2 saturated heterocycles. The van der Waals surface area contributed by atoms with Crippen LogP contribution in [0.4, 0.5) is 4.79 Å². The Morgan fingerprint density at radius 2 is 1.62 bits per heavy atom. The van der Waals surface area contributed by atoms with Crippen molar-refractivity contribution < 1.29 is 23.4 Å². The minimum atomic E-state index is -2.04. The Bertz CT molecular complexity index is 659. The van der Waals surface area contributed by atoms with Crippen LogP contribution in [-0.4, -0.2) is 61.6 Å². The summed E-state index contributed by atoms with van der Waals surface area (Å²) >= 11 is 0. The fourth-order valence-electron chi connectivity index (χ4n) is 3.55. The van der Waals surface area contributed by atoms with E-state index in [1.54, 1.807) is 4.90 Å². The van der Waals surface area contributed by atoms with Crippen molar-refractivity contribution in [1.29, 1.82) is 5.26 Å². The predicted molar refractivity (Wildman–Crippen MR) is 113 cm³/mol. The van der Waals surface area contributed by atoms with Crippen LogP contribution < -0.4 is 0 Å². The maximum absolute atomic E-state index is 13.1. The van der Waals surface area contributed by atoms with E-state index in [-0.39, 0.29) is 29.7 Å². The molecule has 0 bridgehead atoms. The van der Waals surface area contributed by atoms with Gasteiger partial charge < -0.3 is 18.6 Å². The van der Waals surface area contributed by atoms with Gasteiger partial charge >= 0.3 is 6.09 Å². The first kappa shape index (κ1) is 24.1. The molecule has 2 rings (SSSR count). The van der Waals surface area contributed by atoms with Crippen molar-refractivity contribution in [2.24, 2.45) is 0 Å². The molecule has 2 aliphatic rings. The number of hydrogen-bond acceptors (Lipinski definition) is 6. The number of fused-ring (bicyclic) bond motifs is 1. The molecule has 4 unspecified atom stereocenters. The Balaban J connectivity index is 2.35. The minimum Gasteiger partial charge on any atom is -0.444 e. The van der Waals surface area contributed by atoms with Crippen LogP contribution in [-0.2, 0) is 18.6 Å². The Morgan fingerprint density at radius 3 is 2.07 bits per heavy atom. The summed E-state index contributed by atoms with van der Waals surface area (Å²) in [5.74, 6) is -0.766. The van der Waals surface area contributed by atoms with Gasteiger partial charge in [-0.25, -0.2) is 4.79 Å². The van der Waals surface area contributed by atoms with Crippen molar-refractivity contribution in [3.05, 3.63) is 0 Å². The molecule has 0 aromatic heterocycles. The fraction of sp³-hybridized carbons (Fsp3) is 0.905. The van der Waals surface area contributed by atoms with Gasteiger partial charge in [-0.2, -0.15) is 5.26 Å². The van der Waals surface area contributed by atoms with Crippen LogP contribution in [0.3, 0.4) is 0 Å². The maximum Gasteiger partial charge on any atom is 0.411 e. The van der Waals surface area contributed by atoms with E-state index in [4.69, 9.17) is 18.6 Å². The van der Waals surface area contributed by atoms with Crippen molar-refractivity contribution in [3.8, 4) is 6.07 Å². The van der Waals surface area contributed by atoms with Crippen molar-refractivity contribution >= 4 is 14.4 Å². The van der Waals surface area contributed by atoms with Crippen molar-refractivity contribution in [2.45, 2.75) is 116 Å². The average Bonchev–Trinajstić information content (AvgIpc) is 2.94. The smallest absolute Gasteiger partial charge is 0.411 e. The van der Waals surface area contributed by atoms with Gasteiger partial charge in [0.05, 0.1) is 31.2 Å². The quantitative estimate of drug-likeness (QED) is 0.619. The number of ether oxygens (including phenoxy) is 3. The first-order chi connectivity index (χ1) is 13.0. The van der Waals surface area contributed by atoms with Crippen LogP contribution in [0.25, 0.3) is 0 Å². The molecule has 2 fully saturated rings. The molecule has 0 aliphatic carbocycles. The molecule has 2 aliphatic heterocycles. The highest BCUT2D eigenvalue weighted by Gasteiger charge is 2.60. The summed E-state index contributed by atoms with van der Waals surface area (Å²) in [6.45, 7) is 20.4. The first-order valence-corrected chi connectivity index (χ1v) is 13.3. The van der Waals surface area contributed by atoms with E-state index in [0.717, 1.165) is 0 Å². The fourth-order valence-corrected chi connectivity index (χ4v) is 4.57. The number of nitrogens with zero attached hydrogens (tertiary/aromatic N) is 2. The third-order valence-corrected chi connectivity index (χ3v) is 10.5. The van der Waals surface area contributed by atoms with Gasteiger partial charge in [-0.15, -0.1) is 0 Å². The molecule has 29 heavy (non-hydrogen) atoms. The number of likely N-dealkylation sites (tertiary alicyclic amines) is 1. The molecule has 2 heterocycles. The van der Waals surface area contributed by atoms with Crippen LogP contribution in [0.1, 0.15) is 61.8 Å². The second kappa shape index (κ2) is 7.84. The van der Waals surface area contributed by atoms with E-state index in [1.165, 1.54) is 0 Å². The molecule has 1 amide bonds. The lowest BCUT2D eigenvalue weighted by Crippen LogP contribution is -2.52. The number of carbonyl (C=O) groups excluding carboxylic acids is 1. The molecule has 8 heteroatoms. The number of amides is 1.